The number of nitrogens with one attached hydrogen (secondary N) is 1. The van der Waals surface area contributed by atoms with Crippen molar-refractivity contribution >= 4 is 11.8 Å². The van der Waals surface area contributed by atoms with Crippen molar-refractivity contribution in [2.24, 2.45) is 0 Å². The van der Waals surface area contributed by atoms with Crippen molar-refractivity contribution in [3.63, 3.8) is 0 Å². The molecule has 0 bridgehead atoms. The Morgan fingerprint density at radius 3 is 1.57 bits per heavy atom. The second-order valence-corrected chi connectivity index (χ2v) is 8.51. The Morgan fingerprint density at radius 1 is 0.533 bits per heavy atom. The maximum Gasteiger partial charge on any atom is 0.0495 e. The summed E-state index contributed by atoms with van der Waals surface area (Å²) in [6.45, 7) is 0.843. The zero-order chi connectivity index (χ0) is 20.4. The minimum atomic E-state index is 0.211. The Balaban J connectivity index is 1.63. The number of thioether (sulfide) groups is 1. The SMILES string of the molecule is c1ccc(CN[C@H](c2ccccc2)[C@H](SCc2ccccc2)c2ccccc2)cc1. The standard InChI is InChI=1S/C28H27NS/c1-5-13-23(14-6-1)21-29-27(25-17-9-3-10-18-25)28(26-19-11-4-12-20-26)30-22-24-15-7-2-8-16-24/h1-20,27-29H,21-22H2/t27-,28-/m1/s1. The van der Waals surface area contributed by atoms with Crippen molar-refractivity contribution in [3.05, 3.63) is 144 Å². The van der Waals surface area contributed by atoms with Gasteiger partial charge in [0.2, 0.25) is 0 Å². The van der Waals surface area contributed by atoms with E-state index in [9.17, 15) is 0 Å². The second kappa shape index (κ2) is 10.8. The van der Waals surface area contributed by atoms with Crippen LogP contribution in [0.25, 0.3) is 0 Å². The van der Waals surface area contributed by atoms with E-state index in [4.69, 9.17) is 0 Å². The Bertz CT molecular complexity index is 903. The molecule has 0 aliphatic carbocycles. The lowest BCUT2D eigenvalue weighted by Crippen LogP contribution is -2.26. The van der Waals surface area contributed by atoms with Crippen molar-refractivity contribution < 1.29 is 0 Å². The topological polar surface area (TPSA) is 12.0 Å². The summed E-state index contributed by atoms with van der Waals surface area (Å²) in [7, 11) is 0. The smallest absolute Gasteiger partial charge is 0.0495 e. The second-order valence-electron chi connectivity index (χ2n) is 7.38. The predicted molar refractivity (Wildman–Crippen MR) is 129 cm³/mol. The fourth-order valence-electron chi connectivity index (χ4n) is 3.67. The van der Waals surface area contributed by atoms with Gasteiger partial charge in [-0.3, -0.25) is 0 Å². The molecule has 0 unspecified atom stereocenters. The molecule has 2 heteroatoms. The molecule has 0 amide bonds. The summed E-state index contributed by atoms with van der Waals surface area (Å²) in [5.74, 6) is 0.983. The van der Waals surface area contributed by atoms with Crippen LogP contribution in [0.5, 0.6) is 0 Å². The molecular formula is C28H27NS. The Labute approximate surface area is 184 Å². The van der Waals surface area contributed by atoms with Gasteiger partial charge in [0, 0.05) is 23.6 Å². The summed E-state index contributed by atoms with van der Waals surface area (Å²) in [5.41, 5.74) is 5.34. The first-order valence-electron chi connectivity index (χ1n) is 10.4. The lowest BCUT2D eigenvalue weighted by atomic mass is 9.98. The van der Waals surface area contributed by atoms with Crippen molar-refractivity contribution in [2.45, 2.75) is 23.6 Å². The third kappa shape index (κ3) is 5.63. The number of hydrogen-bond donors (Lipinski definition) is 1. The van der Waals surface area contributed by atoms with Crippen molar-refractivity contribution in [1.29, 1.82) is 0 Å². The largest absolute Gasteiger partial charge is 0.305 e. The highest BCUT2D eigenvalue weighted by Crippen LogP contribution is 2.41. The lowest BCUT2D eigenvalue weighted by molar-refractivity contribution is 0.522. The van der Waals surface area contributed by atoms with Crippen molar-refractivity contribution in [1.82, 2.24) is 5.32 Å². The Morgan fingerprint density at radius 2 is 1.00 bits per heavy atom. The van der Waals surface area contributed by atoms with E-state index >= 15 is 0 Å². The molecule has 2 atom stereocenters. The van der Waals surface area contributed by atoms with E-state index in [1.54, 1.807) is 0 Å². The molecular weight excluding hydrogens is 382 g/mol. The van der Waals surface area contributed by atoms with Gasteiger partial charge in [-0.05, 0) is 22.3 Å². The van der Waals surface area contributed by atoms with E-state index in [0.29, 0.717) is 5.25 Å². The molecule has 0 aromatic heterocycles. The molecule has 4 aromatic carbocycles. The number of rotatable bonds is 9. The normalized spacial score (nSPS) is 12.9. The third-order valence-electron chi connectivity index (χ3n) is 5.23. The Kier molecular flexibility index (Phi) is 7.38. The summed E-state index contributed by atoms with van der Waals surface area (Å²) in [4.78, 5) is 0. The molecule has 0 saturated heterocycles. The average molecular weight is 410 g/mol. The fraction of sp³-hybridized carbons (Fsp3) is 0.143. The van der Waals surface area contributed by atoms with Crippen LogP contribution in [-0.2, 0) is 12.3 Å². The van der Waals surface area contributed by atoms with Gasteiger partial charge in [-0.2, -0.15) is 0 Å². The molecule has 0 spiro atoms. The zero-order valence-electron chi connectivity index (χ0n) is 17.0. The average Bonchev–Trinajstić information content (AvgIpc) is 2.83. The molecule has 0 saturated carbocycles. The quantitative estimate of drug-likeness (QED) is 0.314. The minimum absolute atomic E-state index is 0.211. The molecule has 1 nitrogen and oxygen atoms in total. The van der Waals surface area contributed by atoms with Crippen molar-refractivity contribution in [3.8, 4) is 0 Å². The van der Waals surface area contributed by atoms with Crippen LogP contribution in [0.4, 0.5) is 0 Å². The van der Waals surface area contributed by atoms with E-state index in [0.717, 1.165) is 12.3 Å². The molecule has 1 N–H and O–H groups in total. The monoisotopic (exact) mass is 409 g/mol. The highest BCUT2D eigenvalue weighted by atomic mass is 32.2. The molecule has 0 radical (unpaired) electrons. The van der Waals surface area contributed by atoms with Crippen LogP contribution in [0.15, 0.2) is 121 Å². The third-order valence-corrected chi connectivity index (χ3v) is 6.63. The van der Waals surface area contributed by atoms with Crippen LogP contribution in [0, 0.1) is 0 Å². The first-order chi connectivity index (χ1) is 14.9. The van der Waals surface area contributed by atoms with Crippen LogP contribution < -0.4 is 5.32 Å². The van der Waals surface area contributed by atoms with Gasteiger partial charge in [0.15, 0.2) is 0 Å². The molecule has 0 heterocycles. The summed E-state index contributed by atoms with van der Waals surface area (Å²) >= 11 is 2.00. The maximum absolute atomic E-state index is 3.87. The summed E-state index contributed by atoms with van der Waals surface area (Å²) in [6.07, 6.45) is 0. The van der Waals surface area contributed by atoms with E-state index < -0.39 is 0 Å². The van der Waals surface area contributed by atoms with E-state index in [1.165, 1.54) is 22.3 Å². The van der Waals surface area contributed by atoms with Gasteiger partial charge in [0.25, 0.3) is 0 Å². The van der Waals surface area contributed by atoms with Crippen LogP contribution in [-0.4, -0.2) is 0 Å². The lowest BCUT2D eigenvalue weighted by Gasteiger charge is -2.29. The van der Waals surface area contributed by atoms with Gasteiger partial charge in [-0.25, -0.2) is 0 Å². The van der Waals surface area contributed by atoms with Crippen LogP contribution in [0.3, 0.4) is 0 Å². The predicted octanol–water partition coefficient (Wildman–Crippen LogP) is 7.19. The molecule has 4 rings (SSSR count). The van der Waals surface area contributed by atoms with Gasteiger partial charge in [-0.1, -0.05) is 121 Å². The van der Waals surface area contributed by atoms with Crippen LogP contribution >= 0.6 is 11.8 Å². The first-order valence-corrected chi connectivity index (χ1v) is 11.5. The van der Waals surface area contributed by atoms with E-state index in [1.807, 2.05) is 11.8 Å². The van der Waals surface area contributed by atoms with Gasteiger partial charge in [0.1, 0.15) is 0 Å². The fourth-order valence-corrected chi connectivity index (χ4v) is 5.03. The van der Waals surface area contributed by atoms with Crippen LogP contribution in [0.2, 0.25) is 0 Å². The zero-order valence-corrected chi connectivity index (χ0v) is 17.8. The molecule has 0 aliphatic rings. The summed E-state index contributed by atoms with van der Waals surface area (Å²) < 4.78 is 0. The Hall–Kier alpha value is -2.81. The molecule has 4 aromatic rings. The molecule has 0 fully saturated rings. The van der Waals surface area contributed by atoms with E-state index in [2.05, 4.69) is 127 Å². The maximum atomic E-state index is 3.87. The van der Waals surface area contributed by atoms with Gasteiger partial charge in [-0.15, -0.1) is 11.8 Å². The van der Waals surface area contributed by atoms with Crippen molar-refractivity contribution in [2.75, 3.05) is 0 Å². The molecule has 0 aliphatic heterocycles. The summed E-state index contributed by atoms with van der Waals surface area (Å²) in [6, 6.07) is 43.3. The van der Waals surface area contributed by atoms with E-state index in [-0.39, 0.29) is 6.04 Å². The van der Waals surface area contributed by atoms with Gasteiger partial charge in [0.05, 0.1) is 0 Å². The number of hydrogen-bond acceptors (Lipinski definition) is 2. The first kappa shape index (κ1) is 20.5. The van der Waals surface area contributed by atoms with Gasteiger partial charge < -0.3 is 5.32 Å². The highest BCUT2D eigenvalue weighted by Gasteiger charge is 2.25. The minimum Gasteiger partial charge on any atom is -0.305 e. The molecule has 150 valence electrons. The summed E-state index contributed by atoms with van der Waals surface area (Å²) in [5, 5.41) is 4.17. The number of benzene rings is 4. The highest BCUT2D eigenvalue weighted by molar-refractivity contribution is 7.98. The molecule has 30 heavy (non-hydrogen) atoms. The van der Waals surface area contributed by atoms with Crippen LogP contribution in [0.1, 0.15) is 33.5 Å². The van der Waals surface area contributed by atoms with Gasteiger partial charge >= 0.3 is 0 Å².